The number of hydrogen-bond donors (Lipinski definition) is 1. The van der Waals surface area contributed by atoms with Crippen molar-refractivity contribution in [3.63, 3.8) is 0 Å². The zero-order valence-corrected chi connectivity index (χ0v) is 11.3. The van der Waals surface area contributed by atoms with Crippen LogP contribution in [-0.4, -0.2) is 20.8 Å². The maximum atomic E-state index is 12.1. The lowest BCUT2D eigenvalue weighted by atomic mass is 9.98. The van der Waals surface area contributed by atoms with Crippen molar-refractivity contribution in [3.8, 4) is 0 Å². The predicted molar refractivity (Wildman–Crippen MR) is 72.5 cm³/mol. The number of ketones is 1. The zero-order chi connectivity index (χ0) is 13.8. The number of hydrogen-bond acceptors (Lipinski definition) is 4. The van der Waals surface area contributed by atoms with Crippen LogP contribution in [0.15, 0.2) is 24.4 Å². The molecule has 0 atom stereocenters. The van der Waals surface area contributed by atoms with E-state index in [-0.39, 0.29) is 12.3 Å². The van der Waals surface area contributed by atoms with Gasteiger partial charge in [0.2, 0.25) is 0 Å². The highest BCUT2D eigenvalue weighted by atomic mass is 16.1. The van der Waals surface area contributed by atoms with Gasteiger partial charge in [-0.15, -0.1) is 5.10 Å². The summed E-state index contributed by atoms with van der Waals surface area (Å²) >= 11 is 0. The van der Waals surface area contributed by atoms with Gasteiger partial charge < -0.3 is 5.73 Å². The van der Waals surface area contributed by atoms with E-state index in [0.717, 1.165) is 16.7 Å². The number of aromatic nitrogens is 3. The molecule has 0 radical (unpaired) electrons. The second-order valence-corrected chi connectivity index (χ2v) is 4.70. The van der Waals surface area contributed by atoms with Crippen LogP contribution in [0.5, 0.6) is 0 Å². The van der Waals surface area contributed by atoms with E-state index in [0.29, 0.717) is 18.7 Å². The summed E-state index contributed by atoms with van der Waals surface area (Å²) in [5, 5.41) is 7.74. The number of nitrogens with zero attached hydrogens (tertiary/aromatic N) is 3. The number of aryl methyl sites for hydroxylation is 2. The largest absolute Gasteiger partial charge is 0.325 e. The van der Waals surface area contributed by atoms with E-state index in [1.165, 1.54) is 4.68 Å². The van der Waals surface area contributed by atoms with Crippen molar-refractivity contribution in [2.75, 3.05) is 0 Å². The smallest absolute Gasteiger partial charge is 0.158 e. The number of rotatable bonds is 5. The molecule has 5 heteroatoms. The van der Waals surface area contributed by atoms with Gasteiger partial charge in [-0.1, -0.05) is 23.4 Å². The van der Waals surface area contributed by atoms with Crippen LogP contribution in [0.3, 0.4) is 0 Å². The maximum Gasteiger partial charge on any atom is 0.158 e. The third kappa shape index (κ3) is 3.26. The Morgan fingerprint density at radius 1 is 1.32 bits per heavy atom. The number of carbonyl (C=O) groups is 1. The van der Waals surface area contributed by atoms with E-state index in [9.17, 15) is 4.79 Å². The molecule has 0 spiro atoms. The van der Waals surface area contributed by atoms with E-state index in [1.807, 2.05) is 32.0 Å². The minimum Gasteiger partial charge on any atom is -0.325 e. The molecular formula is C14H18N4O. The van der Waals surface area contributed by atoms with Crippen molar-refractivity contribution in [1.29, 1.82) is 0 Å². The molecular weight excluding hydrogens is 240 g/mol. The monoisotopic (exact) mass is 258 g/mol. The molecule has 5 nitrogen and oxygen atoms in total. The van der Waals surface area contributed by atoms with Crippen LogP contribution in [0.4, 0.5) is 0 Å². The first-order chi connectivity index (χ1) is 9.10. The molecule has 1 aromatic heterocycles. The molecule has 0 saturated carbocycles. The molecule has 0 unspecified atom stereocenters. The van der Waals surface area contributed by atoms with Crippen LogP contribution < -0.4 is 5.73 Å². The Kier molecular flexibility index (Phi) is 4.06. The lowest BCUT2D eigenvalue weighted by molar-refractivity contribution is -0.119. The average molecular weight is 258 g/mol. The molecule has 0 aliphatic heterocycles. The summed E-state index contributed by atoms with van der Waals surface area (Å²) in [5.74, 6) is 0.117. The second-order valence-electron chi connectivity index (χ2n) is 4.70. The molecule has 100 valence electrons. The van der Waals surface area contributed by atoms with Crippen molar-refractivity contribution in [3.05, 3.63) is 46.8 Å². The summed E-state index contributed by atoms with van der Waals surface area (Å²) in [4.78, 5) is 12.1. The number of benzene rings is 1. The normalized spacial score (nSPS) is 10.7. The zero-order valence-electron chi connectivity index (χ0n) is 11.3. The molecule has 1 aromatic carbocycles. The minimum absolute atomic E-state index is 0.117. The Hall–Kier alpha value is -2.01. The van der Waals surface area contributed by atoms with Gasteiger partial charge in [0.15, 0.2) is 5.78 Å². The summed E-state index contributed by atoms with van der Waals surface area (Å²) in [7, 11) is 0. The Morgan fingerprint density at radius 2 is 2.00 bits per heavy atom. The lowest BCUT2D eigenvalue weighted by Crippen LogP contribution is -2.14. The first kappa shape index (κ1) is 13.4. The quantitative estimate of drug-likeness (QED) is 0.873. The fourth-order valence-electron chi connectivity index (χ4n) is 2.07. The van der Waals surface area contributed by atoms with Gasteiger partial charge in [0.1, 0.15) is 6.54 Å². The van der Waals surface area contributed by atoms with Crippen LogP contribution in [-0.2, 0) is 24.3 Å². The van der Waals surface area contributed by atoms with Gasteiger partial charge in [0.25, 0.3) is 0 Å². The highest BCUT2D eigenvalue weighted by Crippen LogP contribution is 2.14. The summed E-state index contributed by atoms with van der Waals surface area (Å²) in [6.45, 7) is 4.63. The van der Waals surface area contributed by atoms with Crippen LogP contribution >= 0.6 is 0 Å². The Balaban J connectivity index is 2.05. The van der Waals surface area contributed by atoms with Gasteiger partial charge in [-0.05, 0) is 30.5 Å². The van der Waals surface area contributed by atoms with Crippen molar-refractivity contribution in [2.24, 2.45) is 5.73 Å². The van der Waals surface area contributed by atoms with E-state index >= 15 is 0 Å². The van der Waals surface area contributed by atoms with Gasteiger partial charge >= 0.3 is 0 Å². The molecule has 0 bridgehead atoms. The summed E-state index contributed by atoms with van der Waals surface area (Å²) in [5.41, 5.74) is 9.55. The molecule has 1 heterocycles. The molecule has 19 heavy (non-hydrogen) atoms. The Morgan fingerprint density at radius 3 is 2.58 bits per heavy atom. The Labute approximate surface area is 112 Å². The van der Waals surface area contributed by atoms with Crippen LogP contribution in [0.1, 0.15) is 22.4 Å². The third-order valence-corrected chi connectivity index (χ3v) is 3.15. The van der Waals surface area contributed by atoms with Crippen molar-refractivity contribution >= 4 is 5.78 Å². The third-order valence-electron chi connectivity index (χ3n) is 3.15. The fraction of sp³-hybridized carbons (Fsp3) is 0.357. The second kappa shape index (κ2) is 5.75. The van der Waals surface area contributed by atoms with Crippen LogP contribution in [0, 0.1) is 13.8 Å². The van der Waals surface area contributed by atoms with Crippen LogP contribution in [0.2, 0.25) is 0 Å². The van der Waals surface area contributed by atoms with Gasteiger partial charge in [-0.2, -0.15) is 0 Å². The molecule has 0 saturated heterocycles. The molecule has 0 aliphatic rings. The van der Waals surface area contributed by atoms with E-state index in [1.54, 1.807) is 6.20 Å². The number of nitrogens with two attached hydrogens (primary N) is 1. The minimum atomic E-state index is 0.117. The fourth-order valence-corrected chi connectivity index (χ4v) is 2.07. The SMILES string of the molecule is Cc1cccc(C)c1CC(=O)Cn1cc(CN)nn1. The van der Waals surface area contributed by atoms with Crippen molar-refractivity contribution in [1.82, 2.24) is 15.0 Å². The molecule has 0 aliphatic carbocycles. The first-order valence-electron chi connectivity index (χ1n) is 6.26. The lowest BCUT2D eigenvalue weighted by Gasteiger charge is -2.08. The van der Waals surface area contributed by atoms with E-state index in [4.69, 9.17) is 5.73 Å². The predicted octanol–water partition coefficient (Wildman–Crippen LogP) is 1.17. The standard InChI is InChI=1S/C14H18N4O/c1-10-4-3-5-11(2)14(10)6-13(19)9-18-8-12(7-15)16-17-18/h3-5,8H,6-7,9,15H2,1-2H3. The van der Waals surface area contributed by atoms with Gasteiger partial charge in [0, 0.05) is 13.0 Å². The molecule has 0 amide bonds. The van der Waals surface area contributed by atoms with E-state index in [2.05, 4.69) is 10.3 Å². The first-order valence-corrected chi connectivity index (χ1v) is 6.26. The van der Waals surface area contributed by atoms with Gasteiger partial charge in [-0.3, -0.25) is 4.79 Å². The molecule has 2 rings (SSSR count). The number of Topliss-reactive ketones (excluding diaryl/α,β-unsaturated/α-hetero) is 1. The van der Waals surface area contributed by atoms with Gasteiger partial charge in [-0.25, -0.2) is 4.68 Å². The summed E-state index contributed by atoms with van der Waals surface area (Å²) in [6, 6.07) is 6.05. The molecule has 2 aromatic rings. The topological polar surface area (TPSA) is 73.8 Å². The highest BCUT2D eigenvalue weighted by Gasteiger charge is 2.10. The van der Waals surface area contributed by atoms with Crippen LogP contribution in [0.25, 0.3) is 0 Å². The molecule has 2 N–H and O–H groups in total. The van der Waals surface area contributed by atoms with Gasteiger partial charge in [0.05, 0.1) is 11.9 Å². The maximum absolute atomic E-state index is 12.1. The number of carbonyl (C=O) groups excluding carboxylic acids is 1. The Bertz CT molecular complexity index is 569. The summed E-state index contributed by atoms with van der Waals surface area (Å²) in [6.07, 6.45) is 2.14. The van der Waals surface area contributed by atoms with E-state index < -0.39 is 0 Å². The molecule has 0 fully saturated rings. The average Bonchev–Trinajstić information content (AvgIpc) is 2.81. The highest BCUT2D eigenvalue weighted by molar-refractivity contribution is 5.81. The van der Waals surface area contributed by atoms with Crippen molar-refractivity contribution in [2.45, 2.75) is 33.4 Å². The van der Waals surface area contributed by atoms with Crippen molar-refractivity contribution < 1.29 is 4.79 Å². The summed E-state index contributed by atoms with van der Waals surface area (Å²) < 4.78 is 1.54.